The highest BCUT2D eigenvalue weighted by Crippen LogP contribution is 2.48. The van der Waals surface area contributed by atoms with E-state index in [1.165, 1.54) is 30.2 Å². The molecule has 0 unspecified atom stereocenters. The van der Waals surface area contributed by atoms with Crippen LogP contribution in [0.15, 0.2) is 88.1 Å². The molecule has 204 valence electrons. The quantitative estimate of drug-likeness (QED) is 0.466. The average Bonchev–Trinajstić information content (AvgIpc) is 3.48. The number of hydrazine groups is 1. The van der Waals surface area contributed by atoms with Crippen molar-refractivity contribution in [2.24, 2.45) is 17.8 Å². The molecule has 1 amide bonds. The highest BCUT2D eigenvalue weighted by atomic mass is 32.2. The zero-order valence-corrected chi connectivity index (χ0v) is 23.0. The van der Waals surface area contributed by atoms with Crippen LogP contribution in [0.4, 0.5) is 15.8 Å². The molecule has 0 spiro atoms. The van der Waals surface area contributed by atoms with Crippen LogP contribution >= 0.6 is 0 Å². The van der Waals surface area contributed by atoms with E-state index in [9.17, 15) is 17.6 Å². The van der Waals surface area contributed by atoms with Gasteiger partial charge in [0, 0.05) is 43.4 Å². The molecule has 2 N–H and O–H groups in total. The number of fused-ring (bicyclic) bond motifs is 1. The largest absolute Gasteiger partial charge is 0.326 e. The lowest BCUT2D eigenvalue weighted by Gasteiger charge is -2.32. The number of rotatable bonds is 8. The smallest absolute Gasteiger partial charge is 0.243 e. The first-order valence-corrected chi connectivity index (χ1v) is 15.0. The molecule has 1 heterocycles. The van der Waals surface area contributed by atoms with Crippen LogP contribution in [0, 0.1) is 23.6 Å². The Hall–Kier alpha value is -3.43. The van der Waals surface area contributed by atoms with Crippen LogP contribution in [0.5, 0.6) is 0 Å². The van der Waals surface area contributed by atoms with Crippen molar-refractivity contribution in [3.8, 4) is 0 Å². The summed E-state index contributed by atoms with van der Waals surface area (Å²) >= 11 is 0. The summed E-state index contributed by atoms with van der Waals surface area (Å²) in [5.41, 5.74) is 9.60. The molecule has 39 heavy (non-hydrogen) atoms. The molecule has 0 radical (unpaired) electrons. The normalized spacial score (nSPS) is 22.3. The fourth-order valence-corrected chi connectivity index (χ4v) is 7.64. The Balaban J connectivity index is 1.26. The van der Waals surface area contributed by atoms with E-state index in [2.05, 4.69) is 23.7 Å². The van der Waals surface area contributed by atoms with E-state index in [-0.39, 0.29) is 28.5 Å². The molecular formula is C30H33FN4O3S. The van der Waals surface area contributed by atoms with Crippen molar-refractivity contribution in [1.82, 2.24) is 9.73 Å². The third-order valence-corrected chi connectivity index (χ3v) is 10.0. The number of nitrogens with one attached hydrogen (secondary N) is 2. The minimum atomic E-state index is -3.69. The zero-order chi connectivity index (χ0) is 27.3. The minimum absolute atomic E-state index is 0.140. The topological polar surface area (TPSA) is 81.8 Å². The fourth-order valence-electron chi connectivity index (χ4n) is 6.07. The number of benzene rings is 2. The first-order chi connectivity index (χ1) is 18.7. The molecule has 2 aromatic carbocycles. The van der Waals surface area contributed by atoms with Gasteiger partial charge in [0.2, 0.25) is 15.9 Å². The molecule has 0 aromatic heterocycles. The maximum absolute atomic E-state index is 13.8. The maximum atomic E-state index is 13.8. The van der Waals surface area contributed by atoms with E-state index in [0.717, 1.165) is 42.6 Å². The highest BCUT2D eigenvalue weighted by molar-refractivity contribution is 7.89. The van der Waals surface area contributed by atoms with Crippen LogP contribution in [0.3, 0.4) is 0 Å². The molecule has 2 aromatic rings. The monoisotopic (exact) mass is 548 g/mol. The third kappa shape index (κ3) is 5.01. The van der Waals surface area contributed by atoms with Gasteiger partial charge in [-0.1, -0.05) is 12.5 Å². The molecule has 7 nitrogen and oxygen atoms in total. The van der Waals surface area contributed by atoms with Crippen LogP contribution in [0.2, 0.25) is 0 Å². The number of carbonyl (C=O) groups excluding carboxylic acids is 1. The number of anilines is 2. The van der Waals surface area contributed by atoms with E-state index in [1.807, 2.05) is 11.2 Å². The lowest BCUT2D eigenvalue weighted by molar-refractivity contribution is -0.114. The predicted molar refractivity (Wildman–Crippen MR) is 149 cm³/mol. The second kappa shape index (κ2) is 9.95. The van der Waals surface area contributed by atoms with Crippen molar-refractivity contribution in [1.29, 1.82) is 0 Å². The lowest BCUT2D eigenvalue weighted by Crippen LogP contribution is -2.38. The Morgan fingerprint density at radius 2 is 1.79 bits per heavy atom. The van der Waals surface area contributed by atoms with Gasteiger partial charge in [-0.05, 0) is 97.7 Å². The molecule has 4 aliphatic rings. The SMILES string of the molecule is CC(=O)Nc1ccc(S(=O)(=O)N(CC2CC2)C[C@H]2CCC3=C2[C@@H](C)C2=CNN(c4ccc(F)cc4)C2=C3)cc1. The summed E-state index contributed by atoms with van der Waals surface area (Å²) in [5, 5.41) is 4.68. The van der Waals surface area contributed by atoms with Gasteiger partial charge >= 0.3 is 0 Å². The molecule has 3 aliphatic carbocycles. The van der Waals surface area contributed by atoms with Crippen molar-refractivity contribution in [2.45, 2.75) is 44.4 Å². The van der Waals surface area contributed by atoms with Crippen molar-refractivity contribution in [3.05, 3.63) is 89.0 Å². The van der Waals surface area contributed by atoms with Crippen LogP contribution in [-0.2, 0) is 14.8 Å². The molecule has 1 saturated carbocycles. The summed E-state index contributed by atoms with van der Waals surface area (Å²) in [7, 11) is -3.69. The summed E-state index contributed by atoms with van der Waals surface area (Å²) in [5.74, 6) is 0.233. The number of nitrogens with zero attached hydrogens (tertiary/aromatic N) is 2. The van der Waals surface area contributed by atoms with Crippen LogP contribution < -0.4 is 15.8 Å². The lowest BCUT2D eigenvalue weighted by atomic mass is 9.80. The van der Waals surface area contributed by atoms with Crippen molar-refractivity contribution in [2.75, 3.05) is 23.4 Å². The van der Waals surface area contributed by atoms with E-state index in [1.54, 1.807) is 40.7 Å². The molecule has 1 aliphatic heterocycles. The van der Waals surface area contributed by atoms with Gasteiger partial charge < -0.3 is 10.7 Å². The van der Waals surface area contributed by atoms with E-state index in [4.69, 9.17) is 0 Å². The standard InChI is InChI=1S/C30H33FN4O3S/c1-19-28-16-32-35(26-11-7-24(31)8-12-26)29(28)15-22-5-6-23(30(19)22)18-34(17-21-3-4-21)39(37,38)27-13-9-25(10-14-27)33-20(2)36/h7-16,19,21,23,32H,3-6,17-18H2,1-2H3,(H,33,36)/t19-,23+/m0/s1. The molecule has 6 rings (SSSR count). The van der Waals surface area contributed by atoms with Gasteiger partial charge in [0.15, 0.2) is 0 Å². The summed E-state index contributed by atoms with van der Waals surface area (Å²) in [6.45, 7) is 4.62. The summed E-state index contributed by atoms with van der Waals surface area (Å²) in [6.07, 6.45) is 8.16. The van der Waals surface area contributed by atoms with E-state index in [0.29, 0.717) is 24.7 Å². The summed E-state index contributed by atoms with van der Waals surface area (Å²) in [4.78, 5) is 11.6. The maximum Gasteiger partial charge on any atom is 0.243 e. The van der Waals surface area contributed by atoms with Gasteiger partial charge in [0.1, 0.15) is 5.82 Å². The van der Waals surface area contributed by atoms with Crippen LogP contribution in [0.1, 0.15) is 39.5 Å². The van der Waals surface area contributed by atoms with Crippen molar-refractivity contribution < 1.29 is 17.6 Å². The van der Waals surface area contributed by atoms with Gasteiger partial charge in [0.25, 0.3) is 0 Å². The zero-order valence-electron chi connectivity index (χ0n) is 22.2. The molecule has 9 heteroatoms. The van der Waals surface area contributed by atoms with Gasteiger partial charge in [-0.2, -0.15) is 4.31 Å². The summed E-state index contributed by atoms with van der Waals surface area (Å²) in [6, 6.07) is 12.9. The minimum Gasteiger partial charge on any atom is -0.326 e. The summed E-state index contributed by atoms with van der Waals surface area (Å²) < 4.78 is 42.8. The third-order valence-electron chi connectivity index (χ3n) is 8.18. The fraction of sp³-hybridized carbons (Fsp3) is 0.367. The van der Waals surface area contributed by atoms with Crippen molar-refractivity contribution in [3.63, 3.8) is 0 Å². The Kier molecular flexibility index (Phi) is 6.59. The molecule has 1 fully saturated rings. The van der Waals surface area contributed by atoms with Crippen LogP contribution in [0.25, 0.3) is 0 Å². The number of sulfonamides is 1. The molecular weight excluding hydrogens is 515 g/mol. The number of allylic oxidation sites excluding steroid dienone is 3. The number of hydrogen-bond donors (Lipinski definition) is 2. The molecule has 0 saturated heterocycles. The van der Waals surface area contributed by atoms with E-state index < -0.39 is 10.0 Å². The second-order valence-corrected chi connectivity index (χ2v) is 12.9. The van der Waals surface area contributed by atoms with Gasteiger partial charge in [0.05, 0.1) is 16.3 Å². The van der Waals surface area contributed by atoms with Gasteiger partial charge in [-0.15, -0.1) is 0 Å². The highest BCUT2D eigenvalue weighted by Gasteiger charge is 2.41. The average molecular weight is 549 g/mol. The number of halogens is 1. The Labute approximate surface area is 229 Å². The second-order valence-electron chi connectivity index (χ2n) is 11.0. The number of carbonyl (C=O) groups is 1. The molecule has 2 atom stereocenters. The predicted octanol–water partition coefficient (Wildman–Crippen LogP) is 5.33. The Bertz CT molecular complexity index is 1490. The first kappa shape index (κ1) is 25.8. The van der Waals surface area contributed by atoms with Gasteiger partial charge in [-0.3, -0.25) is 9.80 Å². The number of hydrogen-bond acceptors (Lipinski definition) is 5. The first-order valence-electron chi connectivity index (χ1n) is 13.6. The van der Waals surface area contributed by atoms with Crippen molar-refractivity contribution >= 4 is 27.3 Å². The Morgan fingerprint density at radius 1 is 1.08 bits per heavy atom. The van der Waals surface area contributed by atoms with E-state index >= 15 is 0 Å². The van der Waals surface area contributed by atoms with Gasteiger partial charge in [-0.25, -0.2) is 12.8 Å². The van der Waals surface area contributed by atoms with Crippen LogP contribution in [-0.4, -0.2) is 31.7 Å². The molecule has 0 bridgehead atoms. The number of amides is 1. The Morgan fingerprint density at radius 3 is 2.46 bits per heavy atom.